The van der Waals surface area contributed by atoms with Gasteiger partial charge in [0, 0.05) is 17.7 Å². The lowest BCUT2D eigenvalue weighted by molar-refractivity contribution is -0.141. The first-order valence-corrected chi connectivity index (χ1v) is 5.40. The fourth-order valence-corrected chi connectivity index (χ4v) is 3.58. The van der Waals surface area contributed by atoms with Gasteiger partial charge in [-0.3, -0.25) is 4.79 Å². The smallest absolute Gasteiger partial charge is 0.306 e. The summed E-state index contributed by atoms with van der Waals surface area (Å²) in [6.07, 6.45) is 1.66. The van der Waals surface area contributed by atoms with Gasteiger partial charge in [0.1, 0.15) is 6.10 Å². The fourth-order valence-electron chi connectivity index (χ4n) is 2.04. The van der Waals surface area contributed by atoms with Crippen molar-refractivity contribution in [2.24, 2.45) is 11.1 Å². The van der Waals surface area contributed by atoms with Gasteiger partial charge < -0.3 is 10.5 Å². The molecule has 2 heterocycles. The quantitative estimate of drug-likeness (QED) is 0.603. The largest absolute Gasteiger partial charge is 0.460 e. The molecule has 2 aliphatic heterocycles. The predicted molar refractivity (Wildman–Crippen MR) is 47.9 cm³/mol. The molecule has 0 aliphatic carbocycles. The number of esters is 1. The van der Waals surface area contributed by atoms with Crippen LogP contribution in [-0.4, -0.2) is 30.1 Å². The lowest BCUT2D eigenvalue weighted by atomic mass is 9.80. The fraction of sp³-hybridized carbons (Fsp3) is 0.875. The first kappa shape index (κ1) is 8.38. The minimum atomic E-state index is -0.0621. The first-order valence-electron chi connectivity index (χ1n) is 4.24. The molecule has 2 rings (SSSR count). The van der Waals surface area contributed by atoms with Crippen LogP contribution in [0.1, 0.15) is 12.8 Å². The summed E-state index contributed by atoms with van der Waals surface area (Å²) in [6, 6.07) is 0. The Bertz CT molecular complexity index is 201. The number of hydrogen-bond donors (Lipinski definition) is 1. The van der Waals surface area contributed by atoms with Gasteiger partial charge in [0.05, 0.1) is 6.42 Å². The lowest BCUT2D eigenvalue weighted by Gasteiger charge is -2.25. The van der Waals surface area contributed by atoms with Crippen molar-refractivity contribution in [3.05, 3.63) is 0 Å². The molecule has 2 saturated heterocycles. The van der Waals surface area contributed by atoms with Crippen LogP contribution in [0.15, 0.2) is 0 Å². The third-order valence-corrected chi connectivity index (χ3v) is 4.07. The van der Waals surface area contributed by atoms with Crippen molar-refractivity contribution in [1.82, 2.24) is 0 Å². The molecule has 0 aromatic rings. The number of carbonyl (C=O) groups excluding carboxylic acids is 1. The highest BCUT2D eigenvalue weighted by atomic mass is 32.2. The van der Waals surface area contributed by atoms with Gasteiger partial charge in [-0.25, -0.2) is 0 Å². The van der Waals surface area contributed by atoms with E-state index in [9.17, 15) is 4.79 Å². The summed E-state index contributed by atoms with van der Waals surface area (Å²) in [7, 11) is 0. The summed E-state index contributed by atoms with van der Waals surface area (Å²) in [4.78, 5) is 11.1. The van der Waals surface area contributed by atoms with Crippen LogP contribution in [0.4, 0.5) is 0 Å². The maximum atomic E-state index is 11.1. The monoisotopic (exact) mass is 187 g/mol. The van der Waals surface area contributed by atoms with Crippen molar-refractivity contribution >= 4 is 17.7 Å². The highest BCUT2D eigenvalue weighted by molar-refractivity contribution is 7.99. The van der Waals surface area contributed by atoms with Crippen LogP contribution in [-0.2, 0) is 9.53 Å². The molecular formula is C8H13NO2S. The van der Waals surface area contributed by atoms with Crippen LogP contribution < -0.4 is 5.73 Å². The van der Waals surface area contributed by atoms with Gasteiger partial charge in [-0.2, -0.15) is 11.8 Å². The van der Waals surface area contributed by atoms with E-state index in [4.69, 9.17) is 10.5 Å². The van der Waals surface area contributed by atoms with Gasteiger partial charge in [-0.05, 0) is 12.2 Å². The van der Waals surface area contributed by atoms with Crippen LogP contribution in [0.25, 0.3) is 0 Å². The molecule has 0 radical (unpaired) electrons. The molecule has 0 aromatic heterocycles. The second-order valence-electron chi connectivity index (χ2n) is 3.56. The van der Waals surface area contributed by atoms with E-state index >= 15 is 0 Å². The lowest BCUT2D eigenvalue weighted by Crippen LogP contribution is -2.36. The zero-order valence-corrected chi connectivity index (χ0v) is 7.73. The molecule has 12 heavy (non-hydrogen) atoms. The third kappa shape index (κ3) is 1.13. The van der Waals surface area contributed by atoms with E-state index in [0.29, 0.717) is 13.0 Å². The highest BCUT2D eigenvalue weighted by Crippen LogP contribution is 2.46. The van der Waals surface area contributed by atoms with Gasteiger partial charge in [0.15, 0.2) is 0 Å². The Kier molecular flexibility index (Phi) is 2.04. The second kappa shape index (κ2) is 2.92. The average molecular weight is 187 g/mol. The molecule has 0 saturated carbocycles. The zero-order chi connectivity index (χ0) is 8.60. The molecule has 2 atom stereocenters. The molecule has 0 aromatic carbocycles. The normalized spacial score (nSPS) is 40.8. The van der Waals surface area contributed by atoms with Crippen molar-refractivity contribution in [1.29, 1.82) is 0 Å². The molecule has 3 nitrogen and oxygen atoms in total. The van der Waals surface area contributed by atoms with Crippen LogP contribution in [0.3, 0.4) is 0 Å². The van der Waals surface area contributed by atoms with Gasteiger partial charge in [-0.1, -0.05) is 0 Å². The van der Waals surface area contributed by atoms with Crippen LogP contribution >= 0.6 is 11.8 Å². The zero-order valence-electron chi connectivity index (χ0n) is 6.91. The molecular weight excluding hydrogens is 174 g/mol. The number of carbonyl (C=O) groups is 1. The summed E-state index contributed by atoms with van der Waals surface area (Å²) in [5.41, 5.74) is 5.66. The van der Waals surface area contributed by atoms with Crippen molar-refractivity contribution in [3.63, 3.8) is 0 Å². The summed E-state index contributed by atoms with van der Waals surface area (Å²) in [6.45, 7) is 0.478. The molecule has 0 amide bonds. The number of cyclic esters (lactones) is 1. The minimum absolute atomic E-state index is 0.0139. The Labute approximate surface area is 76.0 Å². The van der Waals surface area contributed by atoms with Crippen molar-refractivity contribution in [2.75, 3.05) is 18.1 Å². The van der Waals surface area contributed by atoms with Gasteiger partial charge in [0.25, 0.3) is 0 Å². The van der Waals surface area contributed by atoms with Crippen LogP contribution in [0, 0.1) is 5.41 Å². The molecule has 2 unspecified atom stereocenters. The Morgan fingerprint density at radius 1 is 1.75 bits per heavy atom. The number of thioether (sulfide) groups is 1. The molecule has 0 bridgehead atoms. The molecule has 2 fully saturated rings. The second-order valence-corrected chi connectivity index (χ2v) is 4.66. The number of nitrogens with two attached hydrogens (primary N) is 1. The van der Waals surface area contributed by atoms with Crippen LogP contribution in [0.5, 0.6) is 0 Å². The number of hydrogen-bond acceptors (Lipinski definition) is 4. The first-order chi connectivity index (χ1) is 5.77. The van der Waals surface area contributed by atoms with E-state index in [0.717, 1.165) is 17.9 Å². The Morgan fingerprint density at radius 2 is 2.58 bits per heavy atom. The van der Waals surface area contributed by atoms with Crippen molar-refractivity contribution in [2.45, 2.75) is 18.9 Å². The van der Waals surface area contributed by atoms with Crippen LogP contribution in [0.2, 0.25) is 0 Å². The third-order valence-electron chi connectivity index (χ3n) is 2.80. The molecule has 2 N–H and O–H groups in total. The standard InChI is InChI=1S/C8H13NO2S/c9-4-6-8(1-2-12-5-8)3-7(10)11-6/h6H,1-5,9H2. The topological polar surface area (TPSA) is 52.3 Å². The Hall–Kier alpha value is -0.220. The van der Waals surface area contributed by atoms with Crippen molar-refractivity contribution in [3.8, 4) is 0 Å². The average Bonchev–Trinajstić information content (AvgIpc) is 2.60. The van der Waals surface area contributed by atoms with E-state index in [1.54, 1.807) is 0 Å². The summed E-state index contributed by atoms with van der Waals surface area (Å²) < 4.78 is 5.17. The Morgan fingerprint density at radius 3 is 3.17 bits per heavy atom. The highest BCUT2D eigenvalue weighted by Gasteiger charge is 2.50. The minimum Gasteiger partial charge on any atom is -0.460 e. The summed E-state index contributed by atoms with van der Waals surface area (Å²) in [5, 5.41) is 0. The van der Waals surface area contributed by atoms with E-state index in [1.807, 2.05) is 11.8 Å². The number of rotatable bonds is 1. The van der Waals surface area contributed by atoms with E-state index in [2.05, 4.69) is 0 Å². The van der Waals surface area contributed by atoms with Gasteiger partial charge in [-0.15, -0.1) is 0 Å². The maximum Gasteiger partial charge on any atom is 0.306 e. The summed E-state index contributed by atoms with van der Waals surface area (Å²) in [5.74, 6) is 2.13. The van der Waals surface area contributed by atoms with E-state index in [1.165, 1.54) is 0 Å². The van der Waals surface area contributed by atoms with E-state index in [-0.39, 0.29) is 17.5 Å². The van der Waals surface area contributed by atoms with Gasteiger partial charge >= 0.3 is 5.97 Å². The van der Waals surface area contributed by atoms with Crippen molar-refractivity contribution < 1.29 is 9.53 Å². The van der Waals surface area contributed by atoms with E-state index < -0.39 is 0 Å². The number of ether oxygens (including phenoxy) is 1. The predicted octanol–water partition coefficient (Wildman–Crippen LogP) is 0.384. The van der Waals surface area contributed by atoms with Gasteiger partial charge in [0.2, 0.25) is 0 Å². The summed E-state index contributed by atoms with van der Waals surface area (Å²) >= 11 is 1.90. The molecule has 2 aliphatic rings. The molecule has 1 spiro atoms. The maximum absolute atomic E-state index is 11.1. The SMILES string of the molecule is NCC1OC(=O)CC12CCSC2. The Balaban J connectivity index is 2.16. The molecule has 4 heteroatoms. The molecule has 68 valence electrons.